The van der Waals surface area contributed by atoms with Gasteiger partial charge in [0.1, 0.15) is 0 Å². The number of hydrogen-bond acceptors (Lipinski definition) is 6. The maximum atomic E-state index is 12.4. The van der Waals surface area contributed by atoms with E-state index in [1.807, 2.05) is 18.2 Å². The zero-order valence-corrected chi connectivity index (χ0v) is 17.6. The Hall–Kier alpha value is -3.32. The van der Waals surface area contributed by atoms with Crippen LogP contribution in [-0.2, 0) is 9.59 Å². The van der Waals surface area contributed by atoms with Gasteiger partial charge >= 0.3 is 5.97 Å². The fraction of sp³-hybridized carbons (Fsp3) is 0.304. The zero-order chi connectivity index (χ0) is 21.5. The van der Waals surface area contributed by atoms with Crippen molar-refractivity contribution in [2.75, 3.05) is 50.6 Å². The van der Waals surface area contributed by atoms with Crippen molar-refractivity contribution in [2.24, 2.45) is 0 Å². The van der Waals surface area contributed by atoms with Gasteiger partial charge in [-0.05, 0) is 49.0 Å². The molecule has 1 aliphatic rings. The molecule has 158 valence electrons. The number of carbonyl (C=O) groups is 2. The molecule has 0 atom stereocenters. The second-order valence-corrected chi connectivity index (χ2v) is 7.17. The van der Waals surface area contributed by atoms with Gasteiger partial charge in [0.15, 0.2) is 11.5 Å². The highest BCUT2D eigenvalue weighted by Gasteiger charge is 2.14. The molecule has 0 radical (unpaired) electrons. The Morgan fingerprint density at radius 2 is 1.80 bits per heavy atom. The number of piperazine rings is 1. The Labute approximate surface area is 176 Å². The SMILES string of the molecule is COc1ccc(C=CC(=O)Nc2cccc(N3CCN(C)CC3)c2)cc1OC(C)=O. The fourth-order valence-corrected chi connectivity index (χ4v) is 3.23. The molecule has 1 heterocycles. The summed E-state index contributed by atoms with van der Waals surface area (Å²) < 4.78 is 10.3. The molecule has 1 N–H and O–H groups in total. The van der Waals surface area contributed by atoms with Crippen LogP contribution in [0.25, 0.3) is 6.08 Å². The van der Waals surface area contributed by atoms with Gasteiger partial charge < -0.3 is 24.6 Å². The lowest BCUT2D eigenvalue weighted by Crippen LogP contribution is -2.44. The molecule has 1 saturated heterocycles. The van der Waals surface area contributed by atoms with Crippen molar-refractivity contribution >= 4 is 29.3 Å². The first-order chi connectivity index (χ1) is 14.4. The minimum atomic E-state index is -0.438. The summed E-state index contributed by atoms with van der Waals surface area (Å²) >= 11 is 0. The molecule has 3 rings (SSSR count). The number of amides is 1. The molecule has 1 amide bonds. The van der Waals surface area contributed by atoms with E-state index in [0.29, 0.717) is 17.1 Å². The van der Waals surface area contributed by atoms with E-state index in [4.69, 9.17) is 9.47 Å². The summed E-state index contributed by atoms with van der Waals surface area (Å²) in [6.07, 6.45) is 3.11. The van der Waals surface area contributed by atoms with E-state index in [0.717, 1.165) is 37.6 Å². The van der Waals surface area contributed by atoms with E-state index in [9.17, 15) is 9.59 Å². The maximum absolute atomic E-state index is 12.4. The van der Waals surface area contributed by atoms with Crippen LogP contribution >= 0.6 is 0 Å². The molecule has 0 bridgehead atoms. The van der Waals surface area contributed by atoms with Crippen molar-refractivity contribution < 1.29 is 19.1 Å². The number of carbonyl (C=O) groups excluding carboxylic acids is 2. The van der Waals surface area contributed by atoms with Gasteiger partial charge in [-0.15, -0.1) is 0 Å². The van der Waals surface area contributed by atoms with Crippen LogP contribution in [0, 0.1) is 0 Å². The lowest BCUT2D eigenvalue weighted by Gasteiger charge is -2.34. The van der Waals surface area contributed by atoms with Crippen molar-refractivity contribution in [2.45, 2.75) is 6.92 Å². The van der Waals surface area contributed by atoms with E-state index in [2.05, 4.69) is 28.2 Å². The highest BCUT2D eigenvalue weighted by atomic mass is 16.6. The van der Waals surface area contributed by atoms with Crippen LogP contribution in [0.4, 0.5) is 11.4 Å². The van der Waals surface area contributed by atoms with Crippen LogP contribution in [0.3, 0.4) is 0 Å². The summed E-state index contributed by atoms with van der Waals surface area (Å²) in [6, 6.07) is 13.0. The van der Waals surface area contributed by atoms with Gasteiger partial charge in [0.05, 0.1) is 7.11 Å². The molecule has 0 saturated carbocycles. The number of likely N-dealkylation sites (N-methyl/N-ethyl adjacent to an activating group) is 1. The van der Waals surface area contributed by atoms with E-state index in [-0.39, 0.29) is 5.91 Å². The second-order valence-electron chi connectivity index (χ2n) is 7.17. The van der Waals surface area contributed by atoms with Crippen LogP contribution in [-0.4, -0.2) is 57.1 Å². The lowest BCUT2D eigenvalue weighted by atomic mass is 10.2. The summed E-state index contributed by atoms with van der Waals surface area (Å²) in [4.78, 5) is 28.3. The van der Waals surface area contributed by atoms with E-state index < -0.39 is 5.97 Å². The fourth-order valence-electron chi connectivity index (χ4n) is 3.23. The van der Waals surface area contributed by atoms with Crippen molar-refractivity contribution in [1.82, 2.24) is 4.90 Å². The number of ether oxygens (including phenoxy) is 2. The summed E-state index contributed by atoms with van der Waals surface area (Å²) in [5.41, 5.74) is 2.57. The normalized spacial score (nSPS) is 14.6. The first-order valence-corrected chi connectivity index (χ1v) is 9.83. The predicted octanol–water partition coefficient (Wildman–Crippen LogP) is 3.02. The molecular formula is C23H27N3O4. The third kappa shape index (κ3) is 5.84. The molecule has 1 fully saturated rings. The molecule has 0 aliphatic carbocycles. The largest absolute Gasteiger partial charge is 0.493 e. The molecule has 30 heavy (non-hydrogen) atoms. The smallest absolute Gasteiger partial charge is 0.308 e. The molecule has 7 nitrogen and oxygen atoms in total. The quantitative estimate of drug-likeness (QED) is 0.449. The zero-order valence-electron chi connectivity index (χ0n) is 17.6. The number of esters is 1. The molecule has 2 aromatic carbocycles. The van der Waals surface area contributed by atoms with Crippen LogP contribution < -0.4 is 19.7 Å². The monoisotopic (exact) mass is 409 g/mol. The number of methoxy groups -OCH3 is 1. The maximum Gasteiger partial charge on any atom is 0.308 e. The minimum absolute atomic E-state index is 0.240. The summed E-state index contributed by atoms with van der Waals surface area (Å²) in [5, 5.41) is 2.90. The Kier molecular flexibility index (Phi) is 7.08. The number of benzene rings is 2. The third-order valence-electron chi connectivity index (χ3n) is 4.85. The molecule has 0 unspecified atom stereocenters. The average Bonchev–Trinajstić information content (AvgIpc) is 2.73. The Balaban J connectivity index is 1.65. The number of nitrogens with one attached hydrogen (secondary N) is 1. The summed E-state index contributed by atoms with van der Waals surface area (Å²) in [6.45, 7) is 5.31. The lowest BCUT2D eigenvalue weighted by molar-refractivity contribution is -0.132. The molecule has 0 spiro atoms. The summed E-state index contributed by atoms with van der Waals surface area (Å²) in [7, 11) is 3.62. The van der Waals surface area contributed by atoms with Crippen molar-refractivity contribution in [3.63, 3.8) is 0 Å². The molecule has 2 aromatic rings. The summed E-state index contributed by atoms with van der Waals surface area (Å²) in [5.74, 6) is 0.0859. The molecule has 0 aromatic heterocycles. The second kappa shape index (κ2) is 9.93. The van der Waals surface area contributed by atoms with Gasteiger partial charge in [-0.25, -0.2) is 0 Å². The van der Waals surface area contributed by atoms with Crippen molar-refractivity contribution in [3.05, 3.63) is 54.1 Å². The van der Waals surface area contributed by atoms with E-state index in [1.54, 1.807) is 24.3 Å². The topological polar surface area (TPSA) is 71.1 Å². The Morgan fingerprint density at radius 1 is 1.03 bits per heavy atom. The van der Waals surface area contributed by atoms with Crippen molar-refractivity contribution in [1.29, 1.82) is 0 Å². The van der Waals surface area contributed by atoms with E-state index >= 15 is 0 Å². The molecular weight excluding hydrogens is 382 g/mol. The first kappa shape index (κ1) is 21.4. The predicted molar refractivity (Wildman–Crippen MR) is 118 cm³/mol. The molecule has 7 heteroatoms. The number of anilines is 2. The van der Waals surface area contributed by atoms with Crippen LogP contribution in [0.1, 0.15) is 12.5 Å². The third-order valence-corrected chi connectivity index (χ3v) is 4.85. The van der Waals surface area contributed by atoms with Gasteiger partial charge in [-0.2, -0.15) is 0 Å². The first-order valence-electron chi connectivity index (χ1n) is 9.83. The van der Waals surface area contributed by atoms with Gasteiger partial charge in [-0.1, -0.05) is 12.1 Å². The Morgan fingerprint density at radius 3 is 2.50 bits per heavy atom. The van der Waals surface area contributed by atoms with Crippen LogP contribution in [0.5, 0.6) is 11.5 Å². The van der Waals surface area contributed by atoms with Crippen LogP contribution in [0.15, 0.2) is 48.5 Å². The highest BCUT2D eigenvalue weighted by molar-refractivity contribution is 6.02. The van der Waals surface area contributed by atoms with Gasteiger partial charge in [0, 0.05) is 50.6 Å². The average molecular weight is 409 g/mol. The highest BCUT2D eigenvalue weighted by Crippen LogP contribution is 2.28. The van der Waals surface area contributed by atoms with Gasteiger partial charge in [0.2, 0.25) is 5.91 Å². The Bertz CT molecular complexity index is 934. The number of rotatable bonds is 6. The number of nitrogens with zero attached hydrogens (tertiary/aromatic N) is 2. The minimum Gasteiger partial charge on any atom is -0.493 e. The van der Waals surface area contributed by atoms with Gasteiger partial charge in [0.25, 0.3) is 0 Å². The van der Waals surface area contributed by atoms with E-state index in [1.165, 1.54) is 20.1 Å². The van der Waals surface area contributed by atoms with Gasteiger partial charge in [-0.3, -0.25) is 9.59 Å². The molecule has 1 aliphatic heterocycles. The van der Waals surface area contributed by atoms with Crippen molar-refractivity contribution in [3.8, 4) is 11.5 Å². The number of hydrogen-bond donors (Lipinski definition) is 1. The van der Waals surface area contributed by atoms with Crippen LogP contribution in [0.2, 0.25) is 0 Å². The standard InChI is InChI=1S/C23H27N3O4/c1-17(27)30-22-15-18(7-9-21(22)29-3)8-10-23(28)24-19-5-4-6-20(16-19)26-13-11-25(2)12-14-26/h4-10,15-16H,11-14H2,1-3H3,(H,24,28).